The molecule has 0 aliphatic carbocycles. The van der Waals surface area contributed by atoms with E-state index in [-0.39, 0.29) is 35.5 Å². The van der Waals surface area contributed by atoms with Gasteiger partial charge in [0.05, 0.1) is 11.6 Å². The third kappa shape index (κ3) is 3.79. The molecule has 0 radical (unpaired) electrons. The van der Waals surface area contributed by atoms with E-state index in [1.165, 1.54) is 6.07 Å². The molecule has 6 N–H and O–H groups in total. The minimum atomic E-state index is -0.341. The Balaban J connectivity index is 1.60. The number of urea groups is 1. The first kappa shape index (κ1) is 17.8. The number of carbonyl (C=O) groups excluding carboxylic acids is 2. The van der Waals surface area contributed by atoms with E-state index in [0.29, 0.717) is 30.2 Å². The predicted octanol–water partition coefficient (Wildman–Crippen LogP) is -0.588. The molecule has 1 unspecified atom stereocenters. The number of amides is 3. The molecule has 1 aromatic rings. The van der Waals surface area contributed by atoms with Gasteiger partial charge in [-0.1, -0.05) is 0 Å². The monoisotopic (exact) mass is 361 g/mol. The SMILES string of the molecule is CC1=C(C(=O)NC2CCN(c3cc(=O)[nH]c(N)n3)CC2)C(C)NC(=O)N1. The van der Waals surface area contributed by atoms with Crippen molar-refractivity contribution in [3.05, 3.63) is 27.7 Å². The molecular weight excluding hydrogens is 338 g/mol. The first-order valence-corrected chi connectivity index (χ1v) is 8.54. The van der Waals surface area contributed by atoms with Gasteiger partial charge in [0.15, 0.2) is 0 Å². The number of nitrogens with zero attached hydrogens (tertiary/aromatic N) is 2. The van der Waals surface area contributed by atoms with Crippen molar-refractivity contribution in [3.63, 3.8) is 0 Å². The lowest BCUT2D eigenvalue weighted by Crippen LogP contribution is -2.52. The molecule has 1 aromatic heterocycles. The smallest absolute Gasteiger partial charge is 0.319 e. The van der Waals surface area contributed by atoms with Gasteiger partial charge in [-0.25, -0.2) is 4.79 Å². The van der Waals surface area contributed by atoms with E-state index in [9.17, 15) is 14.4 Å². The second-order valence-corrected chi connectivity index (χ2v) is 6.58. The van der Waals surface area contributed by atoms with Crippen molar-refractivity contribution in [1.29, 1.82) is 0 Å². The molecule has 3 amide bonds. The number of H-pyrrole nitrogens is 1. The van der Waals surface area contributed by atoms with Crippen LogP contribution >= 0.6 is 0 Å². The number of nitrogen functional groups attached to an aromatic ring is 1. The number of anilines is 2. The zero-order chi connectivity index (χ0) is 18.8. The summed E-state index contributed by atoms with van der Waals surface area (Å²) in [5.41, 5.74) is 6.41. The highest BCUT2D eigenvalue weighted by molar-refractivity contribution is 5.98. The predicted molar refractivity (Wildman–Crippen MR) is 96.5 cm³/mol. The highest BCUT2D eigenvalue weighted by atomic mass is 16.2. The van der Waals surface area contributed by atoms with Crippen LogP contribution in [0.3, 0.4) is 0 Å². The number of aromatic amines is 1. The molecule has 10 heteroatoms. The summed E-state index contributed by atoms with van der Waals surface area (Å²) in [4.78, 5) is 44.1. The van der Waals surface area contributed by atoms with E-state index < -0.39 is 0 Å². The quantitative estimate of drug-likeness (QED) is 0.487. The summed E-state index contributed by atoms with van der Waals surface area (Å²) in [6, 6.07) is 0.793. The van der Waals surface area contributed by atoms with Crippen LogP contribution in [0.25, 0.3) is 0 Å². The van der Waals surface area contributed by atoms with Gasteiger partial charge in [0.1, 0.15) is 5.82 Å². The zero-order valence-electron chi connectivity index (χ0n) is 14.8. The third-order valence-electron chi connectivity index (χ3n) is 4.63. The molecule has 1 atom stereocenters. The molecule has 1 fully saturated rings. The fourth-order valence-electron chi connectivity index (χ4n) is 3.38. The number of carbonyl (C=O) groups is 2. The summed E-state index contributed by atoms with van der Waals surface area (Å²) in [5, 5.41) is 8.34. The number of piperidine rings is 1. The number of hydrogen-bond acceptors (Lipinski definition) is 6. The van der Waals surface area contributed by atoms with Crippen molar-refractivity contribution in [3.8, 4) is 0 Å². The van der Waals surface area contributed by atoms with Gasteiger partial charge in [0.25, 0.3) is 11.5 Å². The lowest BCUT2D eigenvalue weighted by Gasteiger charge is -2.34. The van der Waals surface area contributed by atoms with Crippen molar-refractivity contribution < 1.29 is 9.59 Å². The van der Waals surface area contributed by atoms with Crippen molar-refractivity contribution in [2.75, 3.05) is 23.7 Å². The number of allylic oxidation sites excluding steroid dienone is 1. The van der Waals surface area contributed by atoms with Crippen LogP contribution in [0.1, 0.15) is 26.7 Å². The molecule has 3 heterocycles. The summed E-state index contributed by atoms with van der Waals surface area (Å²) in [7, 11) is 0. The van der Waals surface area contributed by atoms with Crippen molar-refractivity contribution >= 4 is 23.7 Å². The number of nitrogens with two attached hydrogens (primary N) is 1. The van der Waals surface area contributed by atoms with Crippen LogP contribution in [0.4, 0.5) is 16.6 Å². The summed E-state index contributed by atoms with van der Waals surface area (Å²) < 4.78 is 0. The summed E-state index contributed by atoms with van der Waals surface area (Å²) >= 11 is 0. The maximum Gasteiger partial charge on any atom is 0.319 e. The number of aromatic nitrogens is 2. The number of hydrogen-bond donors (Lipinski definition) is 5. The highest BCUT2D eigenvalue weighted by Gasteiger charge is 2.29. The Bertz CT molecular complexity index is 808. The molecule has 1 saturated heterocycles. The summed E-state index contributed by atoms with van der Waals surface area (Å²) in [6.45, 7) is 4.81. The molecule has 26 heavy (non-hydrogen) atoms. The molecule has 140 valence electrons. The maximum atomic E-state index is 12.6. The van der Waals surface area contributed by atoms with E-state index in [1.807, 2.05) is 4.90 Å². The molecule has 2 aliphatic heterocycles. The summed E-state index contributed by atoms with van der Waals surface area (Å²) in [5.74, 6) is 0.452. The minimum Gasteiger partial charge on any atom is -0.369 e. The van der Waals surface area contributed by atoms with Crippen LogP contribution < -0.4 is 32.1 Å². The normalized spacial score (nSPS) is 21.2. The first-order valence-electron chi connectivity index (χ1n) is 8.54. The van der Waals surface area contributed by atoms with Crippen molar-refractivity contribution in [2.45, 2.75) is 38.8 Å². The molecular formula is C16H23N7O3. The molecule has 10 nitrogen and oxygen atoms in total. The van der Waals surface area contributed by atoms with Gasteiger partial charge in [0, 0.05) is 30.9 Å². The lowest BCUT2D eigenvalue weighted by atomic mass is 10.0. The largest absolute Gasteiger partial charge is 0.369 e. The van der Waals surface area contributed by atoms with Gasteiger partial charge >= 0.3 is 6.03 Å². The van der Waals surface area contributed by atoms with Crippen LogP contribution in [-0.4, -0.2) is 47.1 Å². The second kappa shape index (κ2) is 7.06. The van der Waals surface area contributed by atoms with E-state index in [1.54, 1.807) is 13.8 Å². The van der Waals surface area contributed by atoms with E-state index in [4.69, 9.17) is 5.73 Å². The molecule has 0 spiro atoms. The standard InChI is InChI=1S/C16H23N7O3/c1-8-13(9(2)19-16(26)18-8)14(25)20-10-3-5-23(6-4-10)11-7-12(24)22-15(17)21-11/h7-8,10H,3-6H2,1-2H3,(H,20,25)(H2,18,19,26)(H3,17,21,22,24). The van der Waals surface area contributed by atoms with Crippen LogP contribution in [0.2, 0.25) is 0 Å². The first-order chi connectivity index (χ1) is 12.3. The van der Waals surface area contributed by atoms with Gasteiger partial charge in [-0.3, -0.25) is 14.6 Å². The molecule has 0 bridgehead atoms. The Labute approximate surface area is 150 Å². The van der Waals surface area contributed by atoms with Gasteiger partial charge < -0.3 is 26.6 Å². The van der Waals surface area contributed by atoms with Gasteiger partial charge in [-0.05, 0) is 26.7 Å². The molecule has 0 saturated carbocycles. The van der Waals surface area contributed by atoms with Crippen LogP contribution in [0.5, 0.6) is 0 Å². The van der Waals surface area contributed by atoms with Gasteiger partial charge in [-0.15, -0.1) is 0 Å². The van der Waals surface area contributed by atoms with E-state index >= 15 is 0 Å². The Hall–Kier alpha value is -3.04. The van der Waals surface area contributed by atoms with E-state index in [0.717, 1.165) is 12.8 Å². The molecule has 3 rings (SSSR count). The molecule has 2 aliphatic rings. The van der Waals surface area contributed by atoms with Crippen molar-refractivity contribution in [1.82, 2.24) is 25.9 Å². The van der Waals surface area contributed by atoms with Crippen molar-refractivity contribution in [2.24, 2.45) is 0 Å². The fraction of sp³-hybridized carbons (Fsp3) is 0.500. The third-order valence-corrected chi connectivity index (χ3v) is 4.63. The molecule has 0 aromatic carbocycles. The Morgan fingerprint density at radius 2 is 2.04 bits per heavy atom. The number of nitrogens with one attached hydrogen (secondary N) is 4. The van der Waals surface area contributed by atoms with Crippen LogP contribution in [-0.2, 0) is 4.79 Å². The zero-order valence-corrected chi connectivity index (χ0v) is 14.8. The lowest BCUT2D eigenvalue weighted by molar-refractivity contribution is -0.118. The van der Waals surface area contributed by atoms with Crippen LogP contribution in [0.15, 0.2) is 22.1 Å². The maximum absolute atomic E-state index is 12.6. The average Bonchev–Trinajstić information content (AvgIpc) is 2.53. The average molecular weight is 361 g/mol. The van der Waals surface area contributed by atoms with Gasteiger partial charge in [0.2, 0.25) is 5.95 Å². The number of rotatable bonds is 3. The highest BCUT2D eigenvalue weighted by Crippen LogP contribution is 2.18. The van der Waals surface area contributed by atoms with E-state index in [2.05, 4.69) is 25.9 Å². The Kier molecular flexibility index (Phi) is 4.83. The Morgan fingerprint density at radius 3 is 2.65 bits per heavy atom. The Morgan fingerprint density at radius 1 is 1.35 bits per heavy atom. The van der Waals surface area contributed by atoms with Crippen LogP contribution in [0, 0.1) is 0 Å². The fourth-order valence-corrected chi connectivity index (χ4v) is 3.38. The minimum absolute atomic E-state index is 0.0169. The second-order valence-electron chi connectivity index (χ2n) is 6.58. The topological polar surface area (TPSA) is 145 Å². The summed E-state index contributed by atoms with van der Waals surface area (Å²) in [6.07, 6.45) is 1.45. The van der Waals surface area contributed by atoms with Gasteiger partial charge in [-0.2, -0.15) is 4.98 Å².